The van der Waals surface area contributed by atoms with Crippen LogP contribution < -0.4 is 0 Å². The summed E-state index contributed by atoms with van der Waals surface area (Å²) in [6.07, 6.45) is 7.00. The second kappa shape index (κ2) is 2.62. The number of amidine groups is 2. The van der Waals surface area contributed by atoms with Crippen LogP contribution in [0.4, 0.5) is 0 Å². The molecular weight excluding hydrogens is 202 g/mol. The van der Waals surface area contributed by atoms with Crippen LogP contribution in [0, 0.1) is 0 Å². The molecule has 0 unspecified atom stereocenters. The SMILES string of the molecule is ClC1=NC2=CC=CC3=NC=NC(=N1)N23. The van der Waals surface area contributed by atoms with Crippen LogP contribution in [0.5, 0.6) is 0 Å². The fraction of sp³-hybridized carbons (Fsp3) is 0. The van der Waals surface area contributed by atoms with E-state index in [2.05, 4.69) is 20.0 Å². The fourth-order valence-corrected chi connectivity index (χ4v) is 1.52. The quantitative estimate of drug-likeness (QED) is 0.547. The van der Waals surface area contributed by atoms with Crippen molar-refractivity contribution in [3.63, 3.8) is 0 Å². The van der Waals surface area contributed by atoms with Crippen LogP contribution in [-0.4, -0.2) is 28.3 Å². The molecule has 0 aromatic rings. The molecule has 6 heteroatoms. The maximum atomic E-state index is 5.74. The number of rotatable bonds is 0. The van der Waals surface area contributed by atoms with Gasteiger partial charge in [0.25, 0.3) is 0 Å². The van der Waals surface area contributed by atoms with E-state index in [-0.39, 0.29) is 5.29 Å². The van der Waals surface area contributed by atoms with Crippen LogP contribution in [0.3, 0.4) is 0 Å². The maximum Gasteiger partial charge on any atom is 0.241 e. The summed E-state index contributed by atoms with van der Waals surface area (Å²) in [4.78, 5) is 17.9. The van der Waals surface area contributed by atoms with Crippen molar-refractivity contribution in [2.24, 2.45) is 20.0 Å². The Morgan fingerprint density at radius 3 is 3.14 bits per heavy atom. The Morgan fingerprint density at radius 1 is 1.29 bits per heavy atom. The molecule has 0 amide bonds. The molecule has 0 spiro atoms. The summed E-state index contributed by atoms with van der Waals surface area (Å²) in [5.41, 5.74) is 0. The number of aliphatic imine (C=N–C) groups is 4. The van der Waals surface area contributed by atoms with Crippen molar-refractivity contribution >= 4 is 35.0 Å². The van der Waals surface area contributed by atoms with Gasteiger partial charge in [0.05, 0.1) is 0 Å². The highest BCUT2D eigenvalue weighted by Crippen LogP contribution is 2.21. The Labute approximate surface area is 84.5 Å². The lowest BCUT2D eigenvalue weighted by Gasteiger charge is -2.28. The van der Waals surface area contributed by atoms with E-state index >= 15 is 0 Å². The average Bonchev–Trinajstić information content (AvgIpc) is 2.18. The summed E-state index contributed by atoms with van der Waals surface area (Å²) in [6, 6.07) is 0. The minimum Gasteiger partial charge on any atom is -0.246 e. The molecule has 68 valence electrons. The molecule has 0 saturated carbocycles. The molecule has 0 aromatic heterocycles. The van der Waals surface area contributed by atoms with Gasteiger partial charge in [-0.15, -0.1) is 0 Å². The second-order valence-corrected chi connectivity index (χ2v) is 3.08. The van der Waals surface area contributed by atoms with Gasteiger partial charge in [0.1, 0.15) is 18.0 Å². The van der Waals surface area contributed by atoms with Crippen molar-refractivity contribution in [1.82, 2.24) is 4.90 Å². The van der Waals surface area contributed by atoms with E-state index in [4.69, 9.17) is 11.6 Å². The monoisotopic (exact) mass is 205 g/mol. The van der Waals surface area contributed by atoms with Crippen molar-refractivity contribution < 1.29 is 0 Å². The molecule has 3 aliphatic heterocycles. The maximum absolute atomic E-state index is 5.74. The third kappa shape index (κ3) is 0.958. The highest BCUT2D eigenvalue weighted by molar-refractivity contribution is 6.66. The van der Waals surface area contributed by atoms with E-state index in [1.165, 1.54) is 6.34 Å². The second-order valence-electron chi connectivity index (χ2n) is 2.74. The van der Waals surface area contributed by atoms with Crippen molar-refractivity contribution in [1.29, 1.82) is 0 Å². The number of hydrogen-bond acceptors (Lipinski definition) is 5. The fourth-order valence-electron chi connectivity index (χ4n) is 1.36. The van der Waals surface area contributed by atoms with E-state index < -0.39 is 0 Å². The number of allylic oxidation sites excluding steroid dienone is 2. The van der Waals surface area contributed by atoms with Gasteiger partial charge in [0.2, 0.25) is 11.3 Å². The van der Waals surface area contributed by atoms with Crippen LogP contribution in [0.2, 0.25) is 0 Å². The van der Waals surface area contributed by atoms with E-state index in [0.29, 0.717) is 11.8 Å². The third-order valence-corrected chi connectivity index (χ3v) is 2.08. The van der Waals surface area contributed by atoms with Gasteiger partial charge in [-0.3, -0.25) is 0 Å². The Hall–Kier alpha value is -1.75. The lowest BCUT2D eigenvalue weighted by molar-refractivity contribution is 0.714. The molecule has 5 nitrogen and oxygen atoms in total. The van der Waals surface area contributed by atoms with Crippen molar-refractivity contribution in [3.05, 3.63) is 24.0 Å². The Morgan fingerprint density at radius 2 is 2.21 bits per heavy atom. The summed E-state index contributed by atoms with van der Waals surface area (Å²) in [7, 11) is 0. The van der Waals surface area contributed by atoms with Crippen LogP contribution in [0.25, 0.3) is 0 Å². The first kappa shape index (κ1) is 7.64. The minimum absolute atomic E-state index is 0.191. The molecule has 0 saturated heterocycles. The topological polar surface area (TPSA) is 52.7 Å². The zero-order valence-electron chi connectivity index (χ0n) is 6.92. The third-order valence-electron chi connectivity index (χ3n) is 1.91. The minimum atomic E-state index is 0.191. The van der Waals surface area contributed by atoms with Gasteiger partial charge < -0.3 is 0 Å². The molecule has 0 radical (unpaired) electrons. The van der Waals surface area contributed by atoms with Gasteiger partial charge in [0.15, 0.2) is 0 Å². The number of nitrogens with zero attached hydrogens (tertiary/aromatic N) is 5. The smallest absolute Gasteiger partial charge is 0.241 e. The summed E-state index contributed by atoms with van der Waals surface area (Å²) in [5.74, 6) is 1.95. The normalized spacial score (nSPS) is 22.2. The van der Waals surface area contributed by atoms with Gasteiger partial charge in [-0.1, -0.05) is 6.08 Å². The predicted molar refractivity (Wildman–Crippen MR) is 55.7 cm³/mol. The van der Waals surface area contributed by atoms with Gasteiger partial charge >= 0.3 is 0 Å². The van der Waals surface area contributed by atoms with Crippen LogP contribution in [-0.2, 0) is 0 Å². The molecule has 0 fully saturated rings. The standard InChI is InChI=1S/C8H4ClN5/c9-7-12-6-3-1-2-5-10-4-11-8(13-7)14(5)6/h1-4H. The van der Waals surface area contributed by atoms with Crippen molar-refractivity contribution in [2.45, 2.75) is 0 Å². The highest BCUT2D eigenvalue weighted by atomic mass is 35.5. The van der Waals surface area contributed by atoms with Crippen LogP contribution in [0.15, 0.2) is 44.0 Å². The Kier molecular flexibility index (Phi) is 1.43. The lowest BCUT2D eigenvalue weighted by atomic mass is 10.3. The van der Waals surface area contributed by atoms with E-state index in [1.807, 2.05) is 18.2 Å². The number of halogens is 1. The molecule has 0 N–H and O–H groups in total. The van der Waals surface area contributed by atoms with Gasteiger partial charge in [-0.25, -0.2) is 14.9 Å². The van der Waals surface area contributed by atoms with Crippen molar-refractivity contribution in [2.75, 3.05) is 0 Å². The van der Waals surface area contributed by atoms with Crippen molar-refractivity contribution in [3.8, 4) is 0 Å². The predicted octanol–water partition coefficient (Wildman–Crippen LogP) is 1.10. The van der Waals surface area contributed by atoms with Gasteiger partial charge in [-0.2, -0.15) is 9.98 Å². The summed E-state index contributed by atoms with van der Waals surface area (Å²) in [5, 5.41) is 0.191. The molecule has 0 aromatic carbocycles. The summed E-state index contributed by atoms with van der Waals surface area (Å²) >= 11 is 5.74. The Balaban J connectivity index is 2.23. The molecular formula is C8H4ClN5. The first-order valence-corrected chi connectivity index (χ1v) is 4.34. The summed E-state index contributed by atoms with van der Waals surface area (Å²) < 4.78 is 0. The zero-order chi connectivity index (χ0) is 9.54. The van der Waals surface area contributed by atoms with E-state index in [9.17, 15) is 0 Å². The van der Waals surface area contributed by atoms with Gasteiger partial charge in [0, 0.05) is 0 Å². The molecule has 0 bridgehead atoms. The summed E-state index contributed by atoms with van der Waals surface area (Å²) in [6.45, 7) is 0. The van der Waals surface area contributed by atoms with Gasteiger partial charge in [-0.05, 0) is 23.8 Å². The first-order chi connectivity index (χ1) is 6.84. The van der Waals surface area contributed by atoms with Crippen LogP contribution >= 0.6 is 11.6 Å². The average molecular weight is 206 g/mol. The molecule has 3 rings (SSSR count). The zero-order valence-corrected chi connectivity index (χ0v) is 7.68. The lowest BCUT2D eigenvalue weighted by Crippen LogP contribution is -2.39. The van der Waals surface area contributed by atoms with E-state index in [0.717, 1.165) is 5.84 Å². The molecule has 0 aliphatic carbocycles. The Bertz CT molecular complexity index is 478. The molecule has 0 atom stereocenters. The van der Waals surface area contributed by atoms with Crippen LogP contribution in [0.1, 0.15) is 0 Å². The number of hydrogen-bond donors (Lipinski definition) is 0. The van der Waals surface area contributed by atoms with E-state index in [1.54, 1.807) is 4.90 Å². The number of guanidine groups is 1. The molecule has 3 heterocycles. The molecule has 14 heavy (non-hydrogen) atoms. The molecule has 3 aliphatic rings. The highest BCUT2D eigenvalue weighted by Gasteiger charge is 2.27. The largest absolute Gasteiger partial charge is 0.246 e. The first-order valence-electron chi connectivity index (χ1n) is 3.96.